The molecule has 0 spiro atoms. The predicted octanol–water partition coefficient (Wildman–Crippen LogP) is 5.58. The quantitative estimate of drug-likeness (QED) is 0.782. The van der Waals surface area contributed by atoms with Crippen LogP contribution in [0.3, 0.4) is 0 Å². The highest BCUT2D eigenvalue weighted by Gasteiger charge is 2.21. The molecule has 0 heterocycles. The third-order valence-corrected chi connectivity index (χ3v) is 3.80. The summed E-state index contributed by atoms with van der Waals surface area (Å²) in [6, 6.07) is 17.9. The van der Waals surface area contributed by atoms with E-state index in [9.17, 15) is 4.79 Å². The molecule has 0 unspecified atom stereocenters. The van der Waals surface area contributed by atoms with E-state index < -0.39 is 6.09 Å². The molecule has 0 fully saturated rings. The number of amides is 1. The molecule has 0 aromatic heterocycles. The Morgan fingerprint density at radius 1 is 0.826 bits per heavy atom. The number of anilines is 1. The van der Waals surface area contributed by atoms with Gasteiger partial charge in [0.05, 0.1) is 0 Å². The Bertz CT molecular complexity index is 610. The normalized spacial score (nSPS) is 11.1. The molecule has 0 radical (unpaired) electrons. The van der Waals surface area contributed by atoms with Gasteiger partial charge in [-0.3, -0.25) is 5.32 Å². The van der Waals surface area contributed by atoms with Crippen LogP contribution in [-0.4, -0.2) is 12.2 Å². The van der Waals surface area contributed by atoms with Crippen LogP contribution in [0.2, 0.25) is 0 Å². The number of carbonyl (C=O) groups excluding carboxylic acids is 1. The number of hydrogen-bond donors (Lipinski definition) is 1. The molecule has 0 aliphatic rings. The minimum absolute atomic E-state index is 0.0846. The lowest BCUT2D eigenvalue weighted by atomic mass is 9.96. The third-order valence-electron chi connectivity index (χ3n) is 3.80. The number of hydrogen-bond acceptors (Lipinski definition) is 2. The number of rotatable bonds is 5. The first-order valence-corrected chi connectivity index (χ1v) is 8.10. The molecule has 3 nitrogen and oxygen atoms in total. The lowest BCUT2D eigenvalue weighted by molar-refractivity contribution is 0.0516. The molecule has 0 aliphatic heterocycles. The predicted molar refractivity (Wildman–Crippen MR) is 95.4 cm³/mol. The van der Waals surface area contributed by atoms with Crippen molar-refractivity contribution in [3.05, 3.63) is 54.6 Å². The second kappa shape index (κ2) is 7.82. The van der Waals surface area contributed by atoms with Crippen LogP contribution >= 0.6 is 0 Å². The van der Waals surface area contributed by atoms with Gasteiger partial charge in [0.1, 0.15) is 6.10 Å². The molecule has 2 aromatic rings. The average molecular weight is 311 g/mol. The lowest BCUT2D eigenvalue weighted by Gasteiger charge is -2.24. The second-order valence-corrected chi connectivity index (χ2v) is 6.43. The van der Waals surface area contributed by atoms with Crippen LogP contribution in [0.15, 0.2) is 54.6 Å². The summed E-state index contributed by atoms with van der Waals surface area (Å²) < 4.78 is 5.54. The first-order chi connectivity index (χ1) is 11.0. The maximum absolute atomic E-state index is 12.1. The van der Waals surface area contributed by atoms with Crippen LogP contribution in [-0.2, 0) is 4.74 Å². The van der Waals surface area contributed by atoms with Gasteiger partial charge in [-0.25, -0.2) is 4.79 Å². The van der Waals surface area contributed by atoms with Crippen molar-refractivity contribution in [2.24, 2.45) is 11.8 Å². The van der Waals surface area contributed by atoms with Gasteiger partial charge in [-0.2, -0.15) is 0 Å². The fourth-order valence-corrected chi connectivity index (χ4v) is 2.69. The fourth-order valence-electron chi connectivity index (χ4n) is 2.69. The van der Waals surface area contributed by atoms with Crippen LogP contribution in [0.5, 0.6) is 0 Å². The van der Waals surface area contributed by atoms with Gasteiger partial charge in [0.2, 0.25) is 0 Å². The monoisotopic (exact) mass is 311 g/mol. The van der Waals surface area contributed by atoms with Gasteiger partial charge in [0, 0.05) is 5.69 Å². The summed E-state index contributed by atoms with van der Waals surface area (Å²) in [6.45, 7) is 8.25. The van der Waals surface area contributed by atoms with Crippen molar-refractivity contribution in [2.45, 2.75) is 33.8 Å². The number of benzene rings is 2. The summed E-state index contributed by atoms with van der Waals surface area (Å²) >= 11 is 0. The summed E-state index contributed by atoms with van der Waals surface area (Å²) in [5.41, 5.74) is 3.01. The smallest absolute Gasteiger partial charge is 0.411 e. The molecule has 1 N–H and O–H groups in total. The van der Waals surface area contributed by atoms with E-state index in [1.165, 1.54) is 0 Å². The van der Waals surface area contributed by atoms with Crippen LogP contribution in [0.4, 0.5) is 10.5 Å². The fraction of sp³-hybridized carbons (Fsp3) is 0.350. The summed E-state index contributed by atoms with van der Waals surface area (Å²) in [7, 11) is 0. The van der Waals surface area contributed by atoms with Gasteiger partial charge in [-0.15, -0.1) is 0 Å². The van der Waals surface area contributed by atoms with E-state index in [2.05, 4.69) is 45.1 Å². The first kappa shape index (κ1) is 17.1. The first-order valence-electron chi connectivity index (χ1n) is 8.10. The van der Waals surface area contributed by atoms with E-state index in [1.807, 2.05) is 42.5 Å². The van der Waals surface area contributed by atoms with E-state index in [4.69, 9.17) is 4.74 Å². The van der Waals surface area contributed by atoms with Crippen molar-refractivity contribution in [3.63, 3.8) is 0 Å². The van der Waals surface area contributed by atoms with Gasteiger partial charge in [0.15, 0.2) is 0 Å². The molecule has 0 aliphatic carbocycles. The molecule has 0 saturated heterocycles. The largest absolute Gasteiger partial charge is 0.445 e. The Balaban J connectivity index is 1.99. The van der Waals surface area contributed by atoms with Gasteiger partial charge < -0.3 is 4.74 Å². The zero-order valence-corrected chi connectivity index (χ0v) is 14.2. The van der Waals surface area contributed by atoms with E-state index in [-0.39, 0.29) is 6.10 Å². The maximum atomic E-state index is 12.1. The Kier molecular flexibility index (Phi) is 5.80. The van der Waals surface area contributed by atoms with Gasteiger partial charge >= 0.3 is 6.09 Å². The number of carbonyl (C=O) groups is 1. The molecule has 3 heteroatoms. The molecular formula is C20H25NO2. The summed E-state index contributed by atoms with van der Waals surface area (Å²) in [5.74, 6) is 0.586. The summed E-state index contributed by atoms with van der Waals surface area (Å²) in [4.78, 5) is 12.1. The highest BCUT2D eigenvalue weighted by Crippen LogP contribution is 2.22. The van der Waals surface area contributed by atoms with Crippen LogP contribution in [0, 0.1) is 11.8 Å². The lowest BCUT2D eigenvalue weighted by Crippen LogP contribution is -2.30. The molecule has 0 atom stereocenters. The zero-order chi connectivity index (χ0) is 16.8. The number of nitrogens with one attached hydrogen (secondary N) is 1. The molecule has 23 heavy (non-hydrogen) atoms. The number of ether oxygens (including phenoxy) is 1. The molecule has 0 saturated carbocycles. The van der Waals surface area contributed by atoms with Crippen LogP contribution in [0.1, 0.15) is 27.7 Å². The molecule has 122 valence electrons. The standard InChI is InChI=1S/C20H25NO2/c1-14(2)19(15(3)4)23-20(22)21-18-12-10-17(11-13-18)16-8-6-5-7-9-16/h5-15,19H,1-4H3,(H,21,22). The van der Waals surface area contributed by atoms with Gasteiger partial charge in [-0.05, 0) is 35.1 Å². The van der Waals surface area contributed by atoms with Gasteiger partial charge in [-0.1, -0.05) is 70.2 Å². The van der Waals surface area contributed by atoms with E-state index in [0.717, 1.165) is 16.8 Å². The molecule has 2 rings (SSSR count). The van der Waals surface area contributed by atoms with Crippen molar-refractivity contribution < 1.29 is 9.53 Å². The van der Waals surface area contributed by atoms with Crippen molar-refractivity contribution >= 4 is 11.8 Å². The highest BCUT2D eigenvalue weighted by molar-refractivity contribution is 5.85. The topological polar surface area (TPSA) is 38.3 Å². The third kappa shape index (κ3) is 4.85. The second-order valence-electron chi connectivity index (χ2n) is 6.43. The van der Waals surface area contributed by atoms with Crippen molar-refractivity contribution in [3.8, 4) is 11.1 Å². The SMILES string of the molecule is CC(C)C(OC(=O)Nc1ccc(-c2ccccc2)cc1)C(C)C. The Labute approximate surface area is 138 Å². The van der Waals surface area contributed by atoms with Crippen LogP contribution in [0.25, 0.3) is 11.1 Å². The van der Waals surface area contributed by atoms with Crippen molar-refractivity contribution in [1.29, 1.82) is 0 Å². The Morgan fingerprint density at radius 2 is 1.35 bits per heavy atom. The minimum Gasteiger partial charge on any atom is -0.445 e. The Hall–Kier alpha value is -2.29. The van der Waals surface area contributed by atoms with E-state index in [0.29, 0.717) is 11.8 Å². The van der Waals surface area contributed by atoms with Crippen molar-refractivity contribution in [1.82, 2.24) is 0 Å². The molecule has 1 amide bonds. The van der Waals surface area contributed by atoms with Crippen LogP contribution < -0.4 is 5.32 Å². The zero-order valence-electron chi connectivity index (χ0n) is 14.2. The molecular weight excluding hydrogens is 286 g/mol. The van der Waals surface area contributed by atoms with E-state index >= 15 is 0 Å². The molecule has 2 aromatic carbocycles. The Morgan fingerprint density at radius 3 is 1.87 bits per heavy atom. The van der Waals surface area contributed by atoms with Crippen molar-refractivity contribution in [2.75, 3.05) is 5.32 Å². The van der Waals surface area contributed by atoms with Gasteiger partial charge in [0.25, 0.3) is 0 Å². The summed E-state index contributed by atoms with van der Waals surface area (Å²) in [6.07, 6.45) is -0.483. The summed E-state index contributed by atoms with van der Waals surface area (Å²) in [5, 5.41) is 2.80. The van der Waals surface area contributed by atoms with E-state index in [1.54, 1.807) is 0 Å². The average Bonchev–Trinajstić information content (AvgIpc) is 2.53. The highest BCUT2D eigenvalue weighted by atomic mass is 16.6. The molecule has 0 bridgehead atoms. The minimum atomic E-state index is -0.398. The maximum Gasteiger partial charge on any atom is 0.411 e.